The van der Waals surface area contributed by atoms with Crippen molar-refractivity contribution < 1.29 is 9.47 Å². The Morgan fingerprint density at radius 2 is 1.88 bits per heavy atom. The summed E-state index contributed by atoms with van der Waals surface area (Å²) < 4.78 is 13.2. The highest BCUT2D eigenvalue weighted by atomic mass is 32.1. The molecule has 0 bridgehead atoms. The largest absolute Gasteiger partial charge is 0.497 e. The average Bonchev–Trinajstić information content (AvgIpc) is 3.32. The Kier molecular flexibility index (Phi) is 4.70. The number of para-hydroxylation sites is 2. The molecule has 0 saturated heterocycles. The summed E-state index contributed by atoms with van der Waals surface area (Å²) in [5, 5.41) is 6.16. The summed E-state index contributed by atoms with van der Waals surface area (Å²) in [4.78, 5) is 8.98. The van der Waals surface area contributed by atoms with Gasteiger partial charge in [0.2, 0.25) is 0 Å². The van der Waals surface area contributed by atoms with E-state index in [1.54, 1.807) is 24.6 Å². The maximum Gasteiger partial charge on any atom is 0.183 e. The Morgan fingerprint density at radius 1 is 1.08 bits per heavy atom. The van der Waals surface area contributed by atoms with Crippen LogP contribution in [-0.2, 0) is 13.3 Å². The van der Waals surface area contributed by atoms with Crippen LogP contribution in [0.4, 0.5) is 5.13 Å². The third kappa shape index (κ3) is 3.48. The van der Waals surface area contributed by atoms with Gasteiger partial charge < -0.3 is 19.4 Å². The van der Waals surface area contributed by atoms with Crippen LogP contribution in [0, 0.1) is 0 Å². The summed E-state index contributed by atoms with van der Waals surface area (Å²) in [7, 11) is 1.65. The van der Waals surface area contributed by atoms with E-state index >= 15 is 0 Å². The molecular weight excluding hydrogens is 348 g/mol. The van der Waals surface area contributed by atoms with Gasteiger partial charge in [0.15, 0.2) is 5.13 Å². The van der Waals surface area contributed by atoms with Crippen molar-refractivity contribution >= 4 is 27.5 Å². The number of anilines is 1. The van der Waals surface area contributed by atoms with Crippen LogP contribution in [-0.4, -0.2) is 21.6 Å². The van der Waals surface area contributed by atoms with Crippen molar-refractivity contribution in [2.24, 2.45) is 0 Å². The standard InChI is InChI=1S/C19H18N4O2S/c1-24-14-6-8-15(9-7-14)25-12-18-22-16-4-2-3-5-17(16)23(18)13-21-19-20-10-11-26-19/h2-11H,12-13H2,1H3,(H,20,21). The number of nitrogens with one attached hydrogen (secondary N) is 1. The number of hydrogen-bond donors (Lipinski definition) is 1. The second-order valence-electron chi connectivity index (χ2n) is 5.58. The first-order chi connectivity index (χ1) is 12.8. The molecule has 0 unspecified atom stereocenters. The normalized spacial score (nSPS) is 10.8. The minimum Gasteiger partial charge on any atom is -0.497 e. The molecule has 0 amide bonds. The van der Waals surface area contributed by atoms with E-state index in [1.807, 2.05) is 47.8 Å². The molecule has 2 aromatic carbocycles. The molecule has 0 aliphatic carbocycles. The number of aromatic nitrogens is 3. The molecule has 0 spiro atoms. The average molecular weight is 366 g/mol. The van der Waals surface area contributed by atoms with Crippen LogP contribution in [0.15, 0.2) is 60.1 Å². The summed E-state index contributed by atoms with van der Waals surface area (Å²) in [5.74, 6) is 2.43. The highest BCUT2D eigenvalue weighted by molar-refractivity contribution is 7.13. The van der Waals surface area contributed by atoms with Crippen molar-refractivity contribution in [3.8, 4) is 11.5 Å². The zero-order chi connectivity index (χ0) is 17.8. The number of nitrogens with zero attached hydrogens (tertiary/aromatic N) is 3. The second-order valence-corrected chi connectivity index (χ2v) is 6.48. The Morgan fingerprint density at radius 3 is 2.65 bits per heavy atom. The SMILES string of the molecule is COc1ccc(OCc2nc3ccccc3n2CNc2nccs2)cc1. The van der Waals surface area contributed by atoms with E-state index in [2.05, 4.69) is 20.9 Å². The highest BCUT2D eigenvalue weighted by Crippen LogP contribution is 2.21. The monoisotopic (exact) mass is 366 g/mol. The lowest BCUT2D eigenvalue weighted by molar-refractivity contribution is 0.290. The summed E-state index contributed by atoms with van der Waals surface area (Å²) >= 11 is 1.57. The quantitative estimate of drug-likeness (QED) is 0.532. The molecule has 0 atom stereocenters. The smallest absolute Gasteiger partial charge is 0.183 e. The number of imidazole rings is 1. The van der Waals surface area contributed by atoms with Gasteiger partial charge in [0.1, 0.15) is 23.9 Å². The third-order valence-corrected chi connectivity index (χ3v) is 4.71. The van der Waals surface area contributed by atoms with Gasteiger partial charge in [-0.3, -0.25) is 0 Å². The van der Waals surface area contributed by atoms with Crippen LogP contribution in [0.1, 0.15) is 5.82 Å². The zero-order valence-corrected chi connectivity index (χ0v) is 15.1. The molecule has 0 saturated carbocycles. The van der Waals surface area contributed by atoms with Gasteiger partial charge in [0, 0.05) is 11.6 Å². The lowest BCUT2D eigenvalue weighted by atomic mass is 10.3. The minimum atomic E-state index is 0.376. The van der Waals surface area contributed by atoms with Gasteiger partial charge in [-0.05, 0) is 36.4 Å². The van der Waals surface area contributed by atoms with Crippen molar-refractivity contribution in [1.82, 2.24) is 14.5 Å². The number of ether oxygens (including phenoxy) is 2. The van der Waals surface area contributed by atoms with Crippen molar-refractivity contribution in [2.75, 3.05) is 12.4 Å². The number of hydrogen-bond acceptors (Lipinski definition) is 6. The summed E-state index contributed by atoms with van der Waals surface area (Å²) in [6.07, 6.45) is 1.78. The van der Waals surface area contributed by atoms with E-state index in [-0.39, 0.29) is 0 Å². The van der Waals surface area contributed by atoms with Gasteiger partial charge in [-0.25, -0.2) is 9.97 Å². The van der Waals surface area contributed by atoms with E-state index in [0.29, 0.717) is 13.3 Å². The molecule has 0 aliphatic rings. The van der Waals surface area contributed by atoms with E-state index in [0.717, 1.165) is 33.5 Å². The van der Waals surface area contributed by atoms with E-state index in [4.69, 9.17) is 14.5 Å². The molecule has 4 aromatic rings. The minimum absolute atomic E-state index is 0.376. The van der Waals surface area contributed by atoms with Gasteiger partial charge >= 0.3 is 0 Å². The maximum absolute atomic E-state index is 5.92. The lowest BCUT2D eigenvalue weighted by Crippen LogP contribution is -2.13. The molecule has 0 fully saturated rings. The number of benzene rings is 2. The number of fused-ring (bicyclic) bond motifs is 1. The summed E-state index contributed by atoms with van der Waals surface area (Å²) in [6, 6.07) is 15.6. The molecule has 1 N–H and O–H groups in total. The van der Waals surface area contributed by atoms with Gasteiger partial charge in [-0.1, -0.05) is 12.1 Å². The van der Waals surface area contributed by atoms with Crippen LogP contribution < -0.4 is 14.8 Å². The van der Waals surface area contributed by atoms with Crippen LogP contribution in [0.2, 0.25) is 0 Å². The molecule has 132 valence electrons. The van der Waals surface area contributed by atoms with Gasteiger partial charge in [0.25, 0.3) is 0 Å². The first-order valence-corrected chi connectivity index (χ1v) is 9.06. The predicted molar refractivity (Wildman–Crippen MR) is 103 cm³/mol. The van der Waals surface area contributed by atoms with Crippen LogP contribution >= 0.6 is 11.3 Å². The van der Waals surface area contributed by atoms with Gasteiger partial charge in [0.05, 0.1) is 24.8 Å². The molecular formula is C19H18N4O2S. The molecule has 26 heavy (non-hydrogen) atoms. The fraction of sp³-hybridized carbons (Fsp3) is 0.158. The van der Waals surface area contributed by atoms with Crippen molar-refractivity contribution in [1.29, 1.82) is 0 Å². The van der Waals surface area contributed by atoms with Crippen LogP contribution in [0.5, 0.6) is 11.5 Å². The first-order valence-electron chi connectivity index (χ1n) is 8.18. The third-order valence-electron chi connectivity index (χ3n) is 3.98. The Labute approximate surface area is 155 Å². The Bertz CT molecular complexity index is 981. The van der Waals surface area contributed by atoms with E-state index in [1.165, 1.54) is 0 Å². The Balaban J connectivity index is 1.55. The molecule has 7 heteroatoms. The number of rotatable bonds is 7. The van der Waals surface area contributed by atoms with Gasteiger partial charge in [-0.15, -0.1) is 11.3 Å². The molecule has 6 nitrogen and oxygen atoms in total. The molecule has 0 aliphatic heterocycles. The predicted octanol–water partition coefficient (Wildman–Crippen LogP) is 4.15. The van der Waals surface area contributed by atoms with Crippen LogP contribution in [0.3, 0.4) is 0 Å². The van der Waals surface area contributed by atoms with Gasteiger partial charge in [-0.2, -0.15) is 0 Å². The number of thiazole rings is 1. The highest BCUT2D eigenvalue weighted by Gasteiger charge is 2.11. The lowest BCUT2D eigenvalue weighted by Gasteiger charge is -2.11. The second kappa shape index (κ2) is 7.45. The van der Waals surface area contributed by atoms with Crippen molar-refractivity contribution in [2.45, 2.75) is 13.3 Å². The van der Waals surface area contributed by atoms with Crippen molar-refractivity contribution in [3.05, 3.63) is 65.9 Å². The first kappa shape index (κ1) is 16.4. The molecule has 2 aromatic heterocycles. The van der Waals surface area contributed by atoms with Crippen LogP contribution in [0.25, 0.3) is 11.0 Å². The summed E-state index contributed by atoms with van der Waals surface area (Å²) in [5.41, 5.74) is 2.01. The van der Waals surface area contributed by atoms with E-state index < -0.39 is 0 Å². The fourth-order valence-electron chi connectivity index (χ4n) is 2.69. The number of methoxy groups -OCH3 is 1. The topological polar surface area (TPSA) is 61.2 Å². The maximum atomic E-state index is 5.92. The van der Waals surface area contributed by atoms with E-state index in [9.17, 15) is 0 Å². The zero-order valence-electron chi connectivity index (χ0n) is 14.3. The Hall–Kier alpha value is -3.06. The fourth-order valence-corrected chi connectivity index (χ4v) is 3.21. The molecule has 2 heterocycles. The molecule has 4 rings (SSSR count). The summed E-state index contributed by atoms with van der Waals surface area (Å²) in [6.45, 7) is 0.954. The van der Waals surface area contributed by atoms with Crippen molar-refractivity contribution in [3.63, 3.8) is 0 Å². The molecule has 0 radical (unpaired) electrons.